The highest BCUT2D eigenvalue weighted by molar-refractivity contribution is 5.75. The van der Waals surface area contributed by atoms with Crippen LogP contribution in [0.3, 0.4) is 0 Å². The molecule has 0 aliphatic heterocycles. The number of aliphatic carboxylic acids is 1. The minimum atomic E-state index is -0.653. The van der Waals surface area contributed by atoms with E-state index in [1.807, 2.05) is 0 Å². The third kappa shape index (κ3) is 32.4. The zero-order chi connectivity index (χ0) is 21.3. The van der Waals surface area contributed by atoms with E-state index in [4.69, 9.17) is 16.6 Å². The number of rotatable bonds is 19. The molecule has 0 radical (unpaired) electrons. The third-order valence-corrected chi connectivity index (χ3v) is 4.80. The van der Waals surface area contributed by atoms with Crippen molar-refractivity contribution < 1.29 is 9.90 Å². The number of hydrogen-bond donors (Lipinski definition) is 3. The van der Waals surface area contributed by atoms with E-state index in [-0.39, 0.29) is 5.96 Å². The second-order valence-electron chi connectivity index (χ2n) is 7.75. The summed E-state index contributed by atoms with van der Waals surface area (Å²) in [6.07, 6.45) is 22.4. The molecule has 0 amide bonds. The molecule has 5 heteroatoms. The first-order chi connectivity index (χ1) is 13.5. The molecule has 0 rings (SSSR count). The van der Waals surface area contributed by atoms with Crippen molar-refractivity contribution in [3.63, 3.8) is 0 Å². The molecule has 0 bridgehead atoms. The van der Waals surface area contributed by atoms with Gasteiger partial charge in [0.2, 0.25) is 0 Å². The standard InChI is InChI=1S/C18H36O2.C5H13N3/c1-2-3-4-5-6-7-8-9-10-11-12-13-14-15-16-17-18(19)20;1-2-3-4-8-5(6)7/h2-17H2,1H3,(H,19,20);2-4H2,1H3,(H4,6,7,8). The molecule has 5 N–H and O–H groups in total. The van der Waals surface area contributed by atoms with Crippen molar-refractivity contribution in [3.05, 3.63) is 0 Å². The summed E-state index contributed by atoms with van der Waals surface area (Å²) >= 11 is 0. The molecule has 0 aromatic heterocycles. The zero-order valence-electron chi connectivity index (χ0n) is 18.9. The van der Waals surface area contributed by atoms with Crippen LogP contribution >= 0.6 is 0 Å². The van der Waals surface area contributed by atoms with Crippen LogP contribution in [-0.2, 0) is 4.79 Å². The van der Waals surface area contributed by atoms with Crippen LogP contribution in [0.1, 0.15) is 129 Å². The van der Waals surface area contributed by atoms with Crippen molar-refractivity contribution in [1.82, 2.24) is 0 Å². The molecule has 0 saturated heterocycles. The van der Waals surface area contributed by atoms with Gasteiger partial charge in [-0.1, -0.05) is 110 Å². The van der Waals surface area contributed by atoms with Crippen molar-refractivity contribution in [3.8, 4) is 0 Å². The number of guanidine groups is 1. The Labute approximate surface area is 174 Å². The molecule has 0 saturated carbocycles. The van der Waals surface area contributed by atoms with Gasteiger partial charge in [-0.2, -0.15) is 0 Å². The van der Waals surface area contributed by atoms with Gasteiger partial charge in [0.1, 0.15) is 0 Å². The molecule has 28 heavy (non-hydrogen) atoms. The highest BCUT2D eigenvalue weighted by atomic mass is 16.4. The summed E-state index contributed by atoms with van der Waals surface area (Å²) in [6, 6.07) is 0. The summed E-state index contributed by atoms with van der Waals surface area (Å²) in [4.78, 5) is 14.1. The Morgan fingerprint density at radius 2 is 1.00 bits per heavy atom. The van der Waals surface area contributed by atoms with E-state index in [9.17, 15) is 4.79 Å². The van der Waals surface area contributed by atoms with Gasteiger partial charge in [0.05, 0.1) is 0 Å². The number of nitrogens with two attached hydrogens (primary N) is 2. The quantitative estimate of drug-likeness (QED) is 0.133. The zero-order valence-corrected chi connectivity index (χ0v) is 18.9. The predicted octanol–water partition coefficient (Wildman–Crippen LogP) is 6.39. The van der Waals surface area contributed by atoms with Crippen molar-refractivity contribution in [1.29, 1.82) is 0 Å². The molecule has 0 aliphatic carbocycles. The minimum Gasteiger partial charge on any atom is -0.481 e. The number of carboxylic acid groups (broad SMARTS) is 1. The lowest BCUT2D eigenvalue weighted by Gasteiger charge is -2.03. The fourth-order valence-electron chi connectivity index (χ4n) is 3.01. The number of carboxylic acids is 1. The molecule has 0 unspecified atom stereocenters. The summed E-state index contributed by atoms with van der Waals surface area (Å²) < 4.78 is 0. The van der Waals surface area contributed by atoms with Crippen molar-refractivity contribution >= 4 is 11.9 Å². The molecule has 5 nitrogen and oxygen atoms in total. The van der Waals surface area contributed by atoms with Crippen LogP contribution in [0.5, 0.6) is 0 Å². The summed E-state index contributed by atoms with van der Waals surface area (Å²) in [7, 11) is 0. The van der Waals surface area contributed by atoms with Gasteiger partial charge in [0.25, 0.3) is 0 Å². The van der Waals surface area contributed by atoms with Crippen molar-refractivity contribution in [2.45, 2.75) is 129 Å². The Kier molecular flexibility index (Phi) is 26.6. The number of aliphatic imine (C=N–C) groups is 1. The predicted molar refractivity (Wildman–Crippen MR) is 123 cm³/mol. The molecular formula is C23H49N3O2. The fourth-order valence-corrected chi connectivity index (χ4v) is 3.01. The maximum absolute atomic E-state index is 10.3. The van der Waals surface area contributed by atoms with E-state index in [2.05, 4.69) is 18.8 Å². The Balaban J connectivity index is 0. The smallest absolute Gasteiger partial charge is 0.303 e. The molecule has 0 aromatic rings. The summed E-state index contributed by atoms with van der Waals surface area (Å²) in [5.41, 5.74) is 10.1. The van der Waals surface area contributed by atoms with E-state index >= 15 is 0 Å². The first-order valence-electron chi connectivity index (χ1n) is 11.8. The van der Waals surface area contributed by atoms with E-state index < -0.39 is 5.97 Å². The second-order valence-corrected chi connectivity index (χ2v) is 7.75. The van der Waals surface area contributed by atoms with Gasteiger partial charge in [-0.25, -0.2) is 0 Å². The molecule has 0 aromatic carbocycles. The number of unbranched alkanes of at least 4 members (excludes halogenated alkanes) is 15. The topological polar surface area (TPSA) is 102 Å². The minimum absolute atomic E-state index is 0.193. The van der Waals surface area contributed by atoms with Gasteiger partial charge in [-0.3, -0.25) is 9.79 Å². The van der Waals surface area contributed by atoms with Crippen molar-refractivity contribution in [2.24, 2.45) is 16.5 Å². The average molecular weight is 400 g/mol. The highest BCUT2D eigenvalue weighted by Gasteiger charge is 1.97. The second kappa shape index (κ2) is 25.7. The Hall–Kier alpha value is -1.26. The largest absolute Gasteiger partial charge is 0.481 e. The van der Waals surface area contributed by atoms with Gasteiger partial charge in [-0.05, 0) is 12.8 Å². The molecule has 168 valence electrons. The molecule has 0 aliphatic rings. The van der Waals surface area contributed by atoms with Crippen LogP contribution in [0.2, 0.25) is 0 Å². The third-order valence-electron chi connectivity index (χ3n) is 4.80. The van der Waals surface area contributed by atoms with Gasteiger partial charge in [0, 0.05) is 13.0 Å². The van der Waals surface area contributed by atoms with E-state index in [1.54, 1.807) is 0 Å². The molecule has 0 fully saturated rings. The van der Waals surface area contributed by atoms with Crippen LogP contribution in [0.4, 0.5) is 0 Å². The van der Waals surface area contributed by atoms with Gasteiger partial charge in [-0.15, -0.1) is 0 Å². The lowest BCUT2D eigenvalue weighted by atomic mass is 10.0. The van der Waals surface area contributed by atoms with Crippen molar-refractivity contribution in [2.75, 3.05) is 6.54 Å². The maximum Gasteiger partial charge on any atom is 0.303 e. The van der Waals surface area contributed by atoms with E-state index in [0.717, 1.165) is 32.2 Å². The average Bonchev–Trinajstić information content (AvgIpc) is 2.65. The normalized spacial score (nSPS) is 10.2. The lowest BCUT2D eigenvalue weighted by molar-refractivity contribution is -0.137. The number of nitrogens with zero attached hydrogens (tertiary/aromatic N) is 1. The van der Waals surface area contributed by atoms with Crippen LogP contribution in [0.25, 0.3) is 0 Å². The van der Waals surface area contributed by atoms with Gasteiger partial charge >= 0.3 is 5.97 Å². The maximum atomic E-state index is 10.3. The Morgan fingerprint density at radius 3 is 1.32 bits per heavy atom. The summed E-state index contributed by atoms with van der Waals surface area (Å²) in [5.74, 6) is -0.460. The first-order valence-corrected chi connectivity index (χ1v) is 11.8. The molecule has 0 heterocycles. The summed E-state index contributed by atoms with van der Waals surface area (Å²) in [6.45, 7) is 5.13. The van der Waals surface area contributed by atoms with Crippen LogP contribution in [0, 0.1) is 0 Å². The highest BCUT2D eigenvalue weighted by Crippen LogP contribution is 2.13. The van der Waals surface area contributed by atoms with Gasteiger partial charge < -0.3 is 16.6 Å². The Morgan fingerprint density at radius 1 is 0.643 bits per heavy atom. The van der Waals surface area contributed by atoms with Gasteiger partial charge in [0.15, 0.2) is 5.96 Å². The number of hydrogen-bond acceptors (Lipinski definition) is 2. The fraction of sp³-hybridized carbons (Fsp3) is 0.913. The molecule has 0 atom stereocenters. The van der Waals surface area contributed by atoms with Crippen LogP contribution in [-0.4, -0.2) is 23.6 Å². The SMILES string of the molecule is CCCCCCCCCCCCCCCCCC(=O)O.CCCCN=C(N)N. The Bertz CT molecular complexity index is 343. The van der Waals surface area contributed by atoms with E-state index in [0.29, 0.717) is 6.42 Å². The first kappa shape index (κ1) is 28.9. The van der Waals surface area contributed by atoms with Crippen LogP contribution < -0.4 is 11.5 Å². The lowest BCUT2D eigenvalue weighted by Crippen LogP contribution is -2.22. The summed E-state index contributed by atoms with van der Waals surface area (Å²) in [5, 5.41) is 8.52. The molecular weight excluding hydrogens is 350 g/mol. The van der Waals surface area contributed by atoms with Crippen LogP contribution in [0.15, 0.2) is 4.99 Å². The van der Waals surface area contributed by atoms with E-state index in [1.165, 1.54) is 83.5 Å². The number of carbonyl (C=O) groups is 1. The molecule has 0 spiro atoms. The monoisotopic (exact) mass is 399 g/mol.